The molecule has 14 heavy (non-hydrogen) atoms. The fraction of sp³-hybridized carbons (Fsp3) is 0.250. The van der Waals surface area contributed by atoms with Crippen molar-refractivity contribution in [3.8, 4) is 0 Å². The maximum Gasteiger partial charge on any atom is 0.266 e. The summed E-state index contributed by atoms with van der Waals surface area (Å²) in [6.45, 7) is -0.0440. The van der Waals surface area contributed by atoms with Gasteiger partial charge in [-0.05, 0) is 0 Å². The number of hydrogen-bond donors (Lipinski definition) is 1. The number of halogens is 3. The molecule has 0 unspecified atom stereocenters. The number of carbonyl (C=O) groups is 1. The van der Waals surface area contributed by atoms with Gasteiger partial charge >= 0.3 is 0 Å². The first-order valence-electron chi connectivity index (χ1n) is 3.72. The monoisotopic (exact) mass is 220 g/mol. The Morgan fingerprint density at radius 2 is 2.29 bits per heavy atom. The lowest BCUT2D eigenvalue weighted by Gasteiger charge is -2.08. The van der Waals surface area contributed by atoms with Crippen molar-refractivity contribution < 1.29 is 13.6 Å². The van der Waals surface area contributed by atoms with Crippen LogP contribution in [0.5, 0.6) is 0 Å². The molecule has 0 aliphatic heterocycles. The van der Waals surface area contributed by atoms with Crippen LogP contribution in [0.25, 0.3) is 0 Å². The molecule has 3 nitrogen and oxygen atoms in total. The topological polar surface area (TPSA) is 56.0 Å². The normalized spacial score (nSPS) is 10.6. The Bertz CT molecular complexity index is 357. The summed E-state index contributed by atoms with van der Waals surface area (Å²) in [5, 5.41) is -0.230. The summed E-state index contributed by atoms with van der Waals surface area (Å²) in [5.41, 5.74) is 4.68. The second-order valence-electron chi connectivity index (χ2n) is 2.51. The first-order valence-corrected chi connectivity index (χ1v) is 4.10. The molecule has 0 spiro atoms. The Hall–Kier alpha value is -1.07. The van der Waals surface area contributed by atoms with Gasteiger partial charge in [0.25, 0.3) is 6.43 Å². The van der Waals surface area contributed by atoms with Crippen LogP contribution in [0, 0.1) is 0 Å². The summed E-state index contributed by atoms with van der Waals surface area (Å²) in [7, 11) is 0. The summed E-state index contributed by atoms with van der Waals surface area (Å²) >= 11 is 5.61. The second kappa shape index (κ2) is 4.43. The first kappa shape index (κ1) is 11.0. The number of pyridine rings is 1. The van der Waals surface area contributed by atoms with E-state index in [0.29, 0.717) is 6.29 Å². The van der Waals surface area contributed by atoms with E-state index >= 15 is 0 Å². The van der Waals surface area contributed by atoms with Gasteiger partial charge in [-0.15, -0.1) is 0 Å². The van der Waals surface area contributed by atoms with Crippen LogP contribution in [0.3, 0.4) is 0 Å². The molecule has 1 rings (SSSR count). The summed E-state index contributed by atoms with van der Waals surface area (Å²) in [6, 6.07) is 0. The van der Waals surface area contributed by atoms with Crippen molar-refractivity contribution in [2.75, 3.05) is 0 Å². The van der Waals surface area contributed by atoms with Crippen molar-refractivity contribution >= 4 is 17.9 Å². The van der Waals surface area contributed by atoms with E-state index in [1.807, 2.05) is 0 Å². The summed E-state index contributed by atoms with van der Waals surface area (Å²) in [6.07, 6.45) is -1.47. The molecule has 1 aromatic rings. The van der Waals surface area contributed by atoms with Crippen LogP contribution < -0.4 is 5.73 Å². The first-order chi connectivity index (χ1) is 6.61. The van der Waals surface area contributed by atoms with Crippen molar-refractivity contribution in [2.24, 2.45) is 5.73 Å². The molecule has 0 aromatic carbocycles. The van der Waals surface area contributed by atoms with Gasteiger partial charge in [-0.2, -0.15) is 0 Å². The zero-order chi connectivity index (χ0) is 10.7. The molecule has 0 saturated carbocycles. The summed E-state index contributed by atoms with van der Waals surface area (Å²) in [5.74, 6) is 0. The number of nitrogens with zero attached hydrogens (tertiary/aromatic N) is 1. The zero-order valence-electron chi connectivity index (χ0n) is 7.01. The molecule has 1 heterocycles. The van der Waals surface area contributed by atoms with E-state index < -0.39 is 12.0 Å². The third-order valence-electron chi connectivity index (χ3n) is 1.70. The smallest absolute Gasteiger partial charge is 0.266 e. The largest absolute Gasteiger partial charge is 0.325 e. The van der Waals surface area contributed by atoms with Crippen LogP contribution in [0.15, 0.2) is 6.20 Å². The van der Waals surface area contributed by atoms with Gasteiger partial charge in [0.2, 0.25) is 0 Å². The lowest BCUT2D eigenvalue weighted by molar-refractivity contribution is 0.110. The van der Waals surface area contributed by atoms with Gasteiger partial charge < -0.3 is 5.73 Å². The van der Waals surface area contributed by atoms with Gasteiger partial charge in [0, 0.05) is 18.3 Å². The SMILES string of the molecule is NCc1ncc(C=O)c(C(F)F)c1Cl. The zero-order valence-corrected chi connectivity index (χ0v) is 7.76. The number of carbonyl (C=O) groups excluding carboxylic acids is 1. The molecule has 0 aliphatic carbocycles. The molecule has 0 fully saturated rings. The summed E-state index contributed by atoms with van der Waals surface area (Å²) < 4.78 is 25.0. The van der Waals surface area contributed by atoms with E-state index in [1.54, 1.807) is 0 Å². The van der Waals surface area contributed by atoms with E-state index in [2.05, 4.69) is 4.98 Å². The van der Waals surface area contributed by atoms with Gasteiger partial charge in [-0.3, -0.25) is 9.78 Å². The number of nitrogens with two attached hydrogens (primary N) is 1. The highest BCUT2D eigenvalue weighted by molar-refractivity contribution is 6.32. The average molecular weight is 221 g/mol. The number of aldehydes is 1. The minimum atomic E-state index is -2.81. The van der Waals surface area contributed by atoms with Crippen LogP contribution in [-0.4, -0.2) is 11.3 Å². The lowest BCUT2D eigenvalue weighted by Crippen LogP contribution is -2.05. The summed E-state index contributed by atoms with van der Waals surface area (Å²) in [4.78, 5) is 14.1. The van der Waals surface area contributed by atoms with E-state index in [4.69, 9.17) is 17.3 Å². The van der Waals surface area contributed by atoms with Gasteiger partial charge in [-0.1, -0.05) is 11.6 Å². The number of alkyl halides is 2. The average Bonchev–Trinajstić information content (AvgIpc) is 2.16. The minimum Gasteiger partial charge on any atom is -0.325 e. The molecule has 0 atom stereocenters. The maximum atomic E-state index is 12.5. The second-order valence-corrected chi connectivity index (χ2v) is 2.89. The highest BCUT2D eigenvalue weighted by atomic mass is 35.5. The van der Waals surface area contributed by atoms with Crippen molar-refractivity contribution in [1.29, 1.82) is 0 Å². The Morgan fingerprint density at radius 1 is 1.64 bits per heavy atom. The van der Waals surface area contributed by atoms with Gasteiger partial charge in [-0.25, -0.2) is 8.78 Å². The van der Waals surface area contributed by atoms with Crippen molar-refractivity contribution in [3.05, 3.63) is 28.0 Å². The van der Waals surface area contributed by atoms with Crippen LogP contribution in [-0.2, 0) is 6.54 Å². The molecule has 0 radical (unpaired) electrons. The molecule has 0 aliphatic rings. The third-order valence-corrected chi connectivity index (χ3v) is 2.12. The van der Waals surface area contributed by atoms with Crippen LogP contribution >= 0.6 is 11.6 Å². The Balaban J connectivity index is 3.38. The number of aromatic nitrogens is 1. The number of rotatable bonds is 3. The molecule has 0 saturated heterocycles. The standard InChI is InChI=1S/C8H7ClF2N2O/c9-7-5(1-12)13-2-4(3-14)6(7)8(10)11/h2-3,8H,1,12H2. The predicted molar refractivity (Wildman–Crippen MR) is 47.5 cm³/mol. The van der Waals surface area contributed by atoms with Crippen molar-refractivity contribution in [2.45, 2.75) is 13.0 Å². The fourth-order valence-corrected chi connectivity index (χ4v) is 1.33. The van der Waals surface area contributed by atoms with Crippen LogP contribution in [0.1, 0.15) is 28.0 Å². The highest BCUT2D eigenvalue weighted by Gasteiger charge is 2.19. The third kappa shape index (κ3) is 1.88. The van der Waals surface area contributed by atoms with Crippen LogP contribution in [0.4, 0.5) is 8.78 Å². The van der Waals surface area contributed by atoms with E-state index in [-0.39, 0.29) is 22.8 Å². The molecule has 76 valence electrons. The molecule has 2 N–H and O–H groups in total. The Labute approximate surface area is 83.9 Å². The Kier molecular flexibility index (Phi) is 3.49. The van der Waals surface area contributed by atoms with Gasteiger partial charge in [0.15, 0.2) is 6.29 Å². The molecule has 0 bridgehead atoms. The van der Waals surface area contributed by atoms with E-state index in [9.17, 15) is 13.6 Å². The highest BCUT2D eigenvalue weighted by Crippen LogP contribution is 2.30. The van der Waals surface area contributed by atoms with Crippen molar-refractivity contribution in [1.82, 2.24) is 4.98 Å². The van der Waals surface area contributed by atoms with Gasteiger partial charge in [0.1, 0.15) is 0 Å². The molecular weight excluding hydrogens is 214 g/mol. The quantitative estimate of drug-likeness (QED) is 0.792. The molecular formula is C8H7ClF2N2O. The van der Waals surface area contributed by atoms with Crippen LogP contribution in [0.2, 0.25) is 5.02 Å². The minimum absolute atomic E-state index is 0.0440. The maximum absolute atomic E-state index is 12.5. The molecule has 6 heteroatoms. The fourth-order valence-electron chi connectivity index (χ4n) is 1.01. The lowest BCUT2D eigenvalue weighted by atomic mass is 10.1. The number of hydrogen-bond acceptors (Lipinski definition) is 3. The Morgan fingerprint density at radius 3 is 2.71 bits per heavy atom. The molecule has 1 aromatic heterocycles. The molecule has 0 amide bonds. The van der Waals surface area contributed by atoms with E-state index in [0.717, 1.165) is 6.20 Å². The predicted octanol–water partition coefficient (Wildman–Crippen LogP) is 1.94. The van der Waals surface area contributed by atoms with Gasteiger partial charge in [0.05, 0.1) is 16.3 Å². The van der Waals surface area contributed by atoms with E-state index in [1.165, 1.54) is 0 Å². The van der Waals surface area contributed by atoms with Crippen molar-refractivity contribution in [3.63, 3.8) is 0 Å².